The molecule has 0 radical (unpaired) electrons. The van der Waals surface area contributed by atoms with Crippen LogP contribution in [0, 0.1) is 0 Å². The van der Waals surface area contributed by atoms with Crippen molar-refractivity contribution in [2.45, 2.75) is 25.9 Å². The lowest BCUT2D eigenvalue weighted by Gasteiger charge is -2.26. The molecule has 1 atom stereocenters. The van der Waals surface area contributed by atoms with Crippen molar-refractivity contribution in [1.82, 2.24) is 0 Å². The summed E-state index contributed by atoms with van der Waals surface area (Å²) >= 11 is 0. The van der Waals surface area contributed by atoms with Crippen LogP contribution in [0.2, 0.25) is 0 Å². The summed E-state index contributed by atoms with van der Waals surface area (Å²) in [5.41, 5.74) is 0.940. The Labute approximate surface area is 128 Å². The van der Waals surface area contributed by atoms with Crippen molar-refractivity contribution in [3.05, 3.63) is 58.7 Å². The summed E-state index contributed by atoms with van der Waals surface area (Å²) in [4.78, 5) is 11.6. The zero-order valence-corrected chi connectivity index (χ0v) is 12.4. The molecule has 22 heavy (non-hydrogen) atoms. The third-order valence-electron chi connectivity index (χ3n) is 3.72. The van der Waals surface area contributed by atoms with Crippen LogP contribution in [-0.2, 0) is 14.3 Å². The normalized spacial score (nSPS) is 19.0. The van der Waals surface area contributed by atoms with Crippen LogP contribution in [0.1, 0.15) is 19.8 Å². The summed E-state index contributed by atoms with van der Waals surface area (Å²) in [6.45, 7) is 2.18. The summed E-state index contributed by atoms with van der Waals surface area (Å²) < 4.78 is 11.0. The standard InChI is InChI=1S/C18H18O4/c1-2-21-18(20)10-9-16-14-6-4-3-5-13(14)15-11-12(19)7-8-17(15)22-16/h3-8,11,17,19H,2,9-10H2,1H3. The Morgan fingerprint density at radius 2 is 2.09 bits per heavy atom. The number of aliphatic hydroxyl groups is 1. The van der Waals surface area contributed by atoms with Crippen LogP contribution in [0.5, 0.6) is 0 Å². The Morgan fingerprint density at radius 1 is 1.32 bits per heavy atom. The van der Waals surface area contributed by atoms with Gasteiger partial charge in [-0.05, 0) is 30.4 Å². The van der Waals surface area contributed by atoms with Gasteiger partial charge in [-0.2, -0.15) is 0 Å². The van der Waals surface area contributed by atoms with Gasteiger partial charge in [-0.1, -0.05) is 24.3 Å². The molecular formula is C18H18O4. The number of fused-ring (bicyclic) bond motifs is 2. The molecule has 0 amide bonds. The first-order valence-electron chi connectivity index (χ1n) is 7.42. The number of hydrogen-bond acceptors (Lipinski definition) is 4. The summed E-state index contributed by atoms with van der Waals surface area (Å²) in [6, 6.07) is 7.88. The smallest absolute Gasteiger partial charge is 0.306 e. The number of benzene rings is 1. The molecule has 4 nitrogen and oxygen atoms in total. The van der Waals surface area contributed by atoms with E-state index in [4.69, 9.17) is 9.47 Å². The summed E-state index contributed by atoms with van der Waals surface area (Å²) in [6.07, 6.45) is 5.76. The molecule has 4 heteroatoms. The van der Waals surface area contributed by atoms with Gasteiger partial charge < -0.3 is 14.6 Å². The van der Waals surface area contributed by atoms with E-state index < -0.39 is 0 Å². The van der Waals surface area contributed by atoms with E-state index in [0.29, 0.717) is 19.4 Å². The number of carbonyl (C=O) groups excluding carboxylic acids is 1. The Balaban J connectivity index is 2.02. The third-order valence-corrected chi connectivity index (χ3v) is 3.72. The second-order valence-corrected chi connectivity index (χ2v) is 5.20. The molecule has 0 saturated carbocycles. The molecule has 1 aromatic carbocycles. The van der Waals surface area contributed by atoms with Crippen LogP contribution in [0.15, 0.2) is 48.3 Å². The molecule has 0 spiro atoms. The lowest BCUT2D eigenvalue weighted by atomic mass is 9.96. The monoisotopic (exact) mass is 298 g/mol. The summed E-state index contributed by atoms with van der Waals surface area (Å²) in [5.74, 6) is 0.791. The van der Waals surface area contributed by atoms with Crippen molar-refractivity contribution in [1.29, 1.82) is 0 Å². The van der Waals surface area contributed by atoms with E-state index >= 15 is 0 Å². The van der Waals surface area contributed by atoms with Gasteiger partial charge in [0.2, 0.25) is 0 Å². The molecule has 0 aromatic heterocycles. The SMILES string of the molecule is CCOC(=O)CCC1=c2ccccc2=C2C=C(O)C=CC2O1. The second kappa shape index (κ2) is 6.10. The lowest BCUT2D eigenvalue weighted by molar-refractivity contribution is -0.143. The number of aliphatic hydroxyl groups excluding tert-OH is 1. The van der Waals surface area contributed by atoms with Gasteiger partial charge in [-0.15, -0.1) is 0 Å². The molecule has 3 rings (SSSR count). The molecule has 1 aliphatic carbocycles. The van der Waals surface area contributed by atoms with E-state index in [0.717, 1.165) is 21.8 Å². The van der Waals surface area contributed by atoms with Crippen molar-refractivity contribution in [2.24, 2.45) is 0 Å². The minimum Gasteiger partial charge on any atom is -0.508 e. The van der Waals surface area contributed by atoms with E-state index in [1.807, 2.05) is 30.3 Å². The zero-order valence-electron chi connectivity index (χ0n) is 12.4. The highest BCUT2D eigenvalue weighted by molar-refractivity contribution is 5.72. The van der Waals surface area contributed by atoms with Crippen LogP contribution >= 0.6 is 0 Å². The van der Waals surface area contributed by atoms with Crippen molar-refractivity contribution in [2.75, 3.05) is 6.61 Å². The van der Waals surface area contributed by atoms with Gasteiger partial charge in [-0.25, -0.2) is 0 Å². The maximum atomic E-state index is 11.6. The molecule has 1 aliphatic heterocycles. The van der Waals surface area contributed by atoms with Crippen LogP contribution in [0.3, 0.4) is 0 Å². The Kier molecular flexibility index (Phi) is 4.00. The highest BCUT2D eigenvalue weighted by Crippen LogP contribution is 2.24. The minimum absolute atomic E-state index is 0.219. The molecule has 1 unspecified atom stereocenters. The minimum atomic E-state index is -0.220. The Hall–Kier alpha value is -2.49. The van der Waals surface area contributed by atoms with E-state index in [1.54, 1.807) is 19.1 Å². The van der Waals surface area contributed by atoms with Crippen LogP contribution in [0.25, 0.3) is 11.3 Å². The molecule has 114 valence electrons. The number of rotatable bonds is 4. The van der Waals surface area contributed by atoms with Crippen LogP contribution in [0.4, 0.5) is 0 Å². The molecule has 1 heterocycles. The fourth-order valence-corrected chi connectivity index (χ4v) is 2.75. The van der Waals surface area contributed by atoms with Gasteiger partial charge in [-0.3, -0.25) is 4.79 Å². The predicted molar refractivity (Wildman–Crippen MR) is 83.1 cm³/mol. The Morgan fingerprint density at radius 3 is 2.86 bits per heavy atom. The first-order valence-corrected chi connectivity index (χ1v) is 7.42. The number of ether oxygens (including phenoxy) is 2. The molecule has 0 bridgehead atoms. The summed E-state index contributed by atoms with van der Waals surface area (Å²) in [5, 5.41) is 11.7. The van der Waals surface area contributed by atoms with E-state index in [2.05, 4.69) is 0 Å². The fraction of sp³-hybridized carbons (Fsp3) is 0.278. The quantitative estimate of drug-likeness (QED) is 0.860. The number of esters is 1. The molecule has 0 saturated heterocycles. The third kappa shape index (κ3) is 2.77. The molecule has 1 N–H and O–H groups in total. The van der Waals surface area contributed by atoms with E-state index in [-0.39, 0.29) is 17.8 Å². The fourth-order valence-electron chi connectivity index (χ4n) is 2.75. The van der Waals surface area contributed by atoms with Gasteiger partial charge in [0, 0.05) is 17.2 Å². The number of carbonyl (C=O) groups is 1. The molecule has 0 fully saturated rings. The predicted octanol–water partition coefficient (Wildman–Crippen LogP) is 1.70. The van der Waals surface area contributed by atoms with Gasteiger partial charge in [0.05, 0.1) is 13.0 Å². The largest absolute Gasteiger partial charge is 0.508 e. The van der Waals surface area contributed by atoms with Crippen molar-refractivity contribution >= 4 is 17.3 Å². The van der Waals surface area contributed by atoms with Crippen LogP contribution < -0.4 is 10.4 Å². The Bertz CT molecular complexity index is 771. The van der Waals surface area contributed by atoms with Crippen molar-refractivity contribution in [3.8, 4) is 0 Å². The highest BCUT2D eigenvalue weighted by Gasteiger charge is 2.23. The number of allylic oxidation sites excluding steroid dienone is 1. The molecular weight excluding hydrogens is 280 g/mol. The van der Waals surface area contributed by atoms with Gasteiger partial charge in [0.1, 0.15) is 17.6 Å². The van der Waals surface area contributed by atoms with E-state index in [9.17, 15) is 9.90 Å². The van der Waals surface area contributed by atoms with Gasteiger partial charge in [0.25, 0.3) is 0 Å². The molecule has 2 aliphatic rings. The average Bonchev–Trinajstić information content (AvgIpc) is 2.53. The highest BCUT2D eigenvalue weighted by atomic mass is 16.5. The maximum Gasteiger partial charge on any atom is 0.306 e. The first-order chi connectivity index (χ1) is 10.7. The van der Waals surface area contributed by atoms with Crippen LogP contribution in [-0.4, -0.2) is 23.8 Å². The maximum absolute atomic E-state index is 11.6. The molecule has 1 aromatic rings. The van der Waals surface area contributed by atoms with Crippen molar-refractivity contribution < 1.29 is 19.4 Å². The second-order valence-electron chi connectivity index (χ2n) is 5.20. The van der Waals surface area contributed by atoms with Gasteiger partial charge >= 0.3 is 5.97 Å². The van der Waals surface area contributed by atoms with E-state index in [1.165, 1.54) is 0 Å². The number of hydrogen-bond donors (Lipinski definition) is 1. The van der Waals surface area contributed by atoms with Gasteiger partial charge in [0.15, 0.2) is 0 Å². The topological polar surface area (TPSA) is 55.8 Å². The average molecular weight is 298 g/mol. The lowest BCUT2D eigenvalue weighted by Crippen LogP contribution is -2.38. The summed E-state index contributed by atoms with van der Waals surface area (Å²) in [7, 11) is 0. The van der Waals surface area contributed by atoms with Crippen molar-refractivity contribution in [3.63, 3.8) is 0 Å². The first kappa shape index (κ1) is 14.4. The zero-order chi connectivity index (χ0) is 15.5.